The monoisotopic (exact) mass is 352 g/mol. The van der Waals surface area contributed by atoms with Crippen molar-refractivity contribution in [2.45, 2.75) is 13.0 Å². The van der Waals surface area contributed by atoms with Crippen molar-refractivity contribution >= 4 is 27.7 Å². The van der Waals surface area contributed by atoms with Crippen molar-refractivity contribution in [3.05, 3.63) is 41.3 Å². The molecule has 128 valence electrons. The van der Waals surface area contributed by atoms with Crippen LogP contribution in [0.5, 0.6) is 0 Å². The molecule has 0 fully saturated rings. The second kappa shape index (κ2) is 6.30. The molecule has 0 spiro atoms. The summed E-state index contributed by atoms with van der Waals surface area (Å²) in [5.41, 5.74) is 2.60. The van der Waals surface area contributed by atoms with E-state index < -0.39 is 16.0 Å². The first-order chi connectivity index (χ1) is 11.4. The molecular formula is C14H17FN6O2S. The number of hydrogen-bond donors (Lipinski definition) is 3. The molecule has 0 bridgehead atoms. The predicted molar refractivity (Wildman–Crippen MR) is 88.5 cm³/mol. The molecule has 0 saturated heterocycles. The number of rotatable bonds is 4. The second-order valence-corrected chi connectivity index (χ2v) is 6.92. The van der Waals surface area contributed by atoms with Crippen molar-refractivity contribution in [2.75, 3.05) is 24.2 Å². The molecule has 1 aliphatic heterocycles. The summed E-state index contributed by atoms with van der Waals surface area (Å²) in [4.78, 5) is 7.90. The van der Waals surface area contributed by atoms with Crippen molar-refractivity contribution in [1.29, 1.82) is 0 Å². The van der Waals surface area contributed by atoms with Crippen LogP contribution in [0, 0.1) is 5.82 Å². The van der Waals surface area contributed by atoms with Gasteiger partial charge in [0.2, 0.25) is 5.95 Å². The first kappa shape index (κ1) is 16.6. The molecule has 24 heavy (non-hydrogen) atoms. The number of nitrogens with one attached hydrogen (secondary N) is 2. The number of benzene rings is 1. The van der Waals surface area contributed by atoms with Crippen molar-refractivity contribution in [3.63, 3.8) is 0 Å². The maximum absolute atomic E-state index is 13.4. The molecule has 0 aliphatic carbocycles. The van der Waals surface area contributed by atoms with Crippen LogP contribution in [0.4, 0.5) is 21.8 Å². The van der Waals surface area contributed by atoms with E-state index in [0.29, 0.717) is 18.7 Å². The van der Waals surface area contributed by atoms with Gasteiger partial charge >= 0.3 is 0 Å². The van der Waals surface area contributed by atoms with Gasteiger partial charge in [-0.1, -0.05) is 6.07 Å². The predicted octanol–water partition coefficient (Wildman–Crippen LogP) is 0.963. The van der Waals surface area contributed by atoms with Crippen molar-refractivity contribution in [1.82, 2.24) is 14.3 Å². The Morgan fingerprint density at radius 3 is 2.83 bits per heavy atom. The fourth-order valence-electron chi connectivity index (χ4n) is 2.56. The van der Waals surface area contributed by atoms with Gasteiger partial charge in [-0.15, -0.1) is 0 Å². The third-order valence-corrected chi connectivity index (χ3v) is 4.81. The number of fused-ring (bicyclic) bond motifs is 1. The normalized spacial score (nSPS) is 15.0. The topological polar surface area (TPSA) is 113 Å². The Kier molecular flexibility index (Phi) is 4.35. The molecule has 0 radical (unpaired) electrons. The summed E-state index contributed by atoms with van der Waals surface area (Å²) >= 11 is 0. The number of nitrogens with two attached hydrogens (primary N) is 1. The molecule has 1 aromatic carbocycles. The van der Waals surface area contributed by atoms with E-state index in [1.807, 2.05) is 18.2 Å². The van der Waals surface area contributed by atoms with E-state index in [1.54, 1.807) is 7.05 Å². The highest BCUT2D eigenvalue weighted by molar-refractivity contribution is 7.86. The van der Waals surface area contributed by atoms with Crippen LogP contribution >= 0.6 is 0 Å². The average molecular weight is 352 g/mol. The van der Waals surface area contributed by atoms with Crippen LogP contribution in [-0.2, 0) is 23.2 Å². The van der Waals surface area contributed by atoms with Gasteiger partial charge in [-0.3, -0.25) is 0 Å². The van der Waals surface area contributed by atoms with Crippen molar-refractivity contribution in [2.24, 2.45) is 5.14 Å². The lowest BCUT2D eigenvalue weighted by atomic mass is 10.0. The standard InChI is InChI=1S/C14H17FN6O2S/c1-17-13-12(15)7-18-14(20-13)19-11-3-2-9-4-5-21(24(16,22)23)8-10(9)6-11/h2-3,6-7H,4-5,8H2,1H3,(H2,16,22,23)(H2,17,18,19,20). The molecular weight excluding hydrogens is 335 g/mol. The highest BCUT2D eigenvalue weighted by Gasteiger charge is 2.23. The first-order valence-electron chi connectivity index (χ1n) is 7.24. The number of nitrogens with zero attached hydrogens (tertiary/aromatic N) is 3. The lowest BCUT2D eigenvalue weighted by molar-refractivity contribution is 0.392. The quantitative estimate of drug-likeness (QED) is 0.755. The average Bonchev–Trinajstić information content (AvgIpc) is 2.55. The fourth-order valence-corrected chi connectivity index (χ4v) is 3.22. The number of anilines is 3. The van der Waals surface area contributed by atoms with E-state index in [4.69, 9.17) is 5.14 Å². The lowest BCUT2D eigenvalue weighted by Crippen LogP contribution is -2.40. The Balaban J connectivity index is 1.84. The summed E-state index contributed by atoms with van der Waals surface area (Å²) in [7, 11) is -2.15. The van der Waals surface area contributed by atoms with Crippen LogP contribution in [0.25, 0.3) is 0 Å². The molecule has 0 atom stereocenters. The minimum atomic E-state index is -3.72. The van der Waals surface area contributed by atoms with Crippen LogP contribution < -0.4 is 15.8 Å². The maximum Gasteiger partial charge on any atom is 0.277 e. The second-order valence-electron chi connectivity index (χ2n) is 5.38. The SMILES string of the molecule is CNc1nc(Nc2ccc3c(c2)CN(S(N)(=O)=O)CC3)ncc1F. The molecule has 8 nitrogen and oxygen atoms in total. The maximum atomic E-state index is 13.4. The van der Waals surface area contributed by atoms with Crippen molar-refractivity contribution in [3.8, 4) is 0 Å². The first-order valence-corrected chi connectivity index (χ1v) is 8.74. The van der Waals surface area contributed by atoms with Gasteiger partial charge in [-0.25, -0.2) is 14.5 Å². The van der Waals surface area contributed by atoms with Gasteiger partial charge < -0.3 is 10.6 Å². The Labute approximate surface area is 139 Å². The van der Waals surface area contributed by atoms with Gasteiger partial charge in [-0.05, 0) is 29.7 Å². The number of aromatic nitrogens is 2. The highest BCUT2D eigenvalue weighted by Crippen LogP contribution is 2.25. The summed E-state index contributed by atoms with van der Waals surface area (Å²) in [5.74, 6) is -0.219. The minimum absolute atomic E-state index is 0.0888. The fraction of sp³-hybridized carbons (Fsp3) is 0.286. The van der Waals surface area contributed by atoms with Gasteiger partial charge in [0, 0.05) is 25.8 Å². The summed E-state index contributed by atoms with van der Waals surface area (Å²) < 4.78 is 37.6. The Morgan fingerprint density at radius 2 is 2.12 bits per heavy atom. The van der Waals surface area contributed by atoms with Crippen LogP contribution in [0.1, 0.15) is 11.1 Å². The van der Waals surface area contributed by atoms with Crippen LogP contribution in [-0.4, -0.2) is 36.3 Å². The zero-order valence-electron chi connectivity index (χ0n) is 13.0. The molecule has 0 unspecified atom stereocenters. The zero-order valence-corrected chi connectivity index (χ0v) is 13.8. The van der Waals surface area contributed by atoms with Gasteiger partial charge in [-0.2, -0.15) is 17.7 Å². The Bertz CT molecular complexity index is 874. The van der Waals surface area contributed by atoms with Crippen LogP contribution in [0.2, 0.25) is 0 Å². The molecule has 2 aromatic rings. The summed E-state index contributed by atoms with van der Waals surface area (Å²) in [6.07, 6.45) is 1.67. The largest absolute Gasteiger partial charge is 0.371 e. The molecule has 4 N–H and O–H groups in total. The summed E-state index contributed by atoms with van der Waals surface area (Å²) in [5, 5.41) is 10.8. The van der Waals surface area contributed by atoms with E-state index in [9.17, 15) is 12.8 Å². The van der Waals surface area contributed by atoms with E-state index in [-0.39, 0.29) is 18.3 Å². The van der Waals surface area contributed by atoms with Gasteiger partial charge in [0.1, 0.15) is 0 Å². The van der Waals surface area contributed by atoms with Crippen LogP contribution in [0.3, 0.4) is 0 Å². The molecule has 2 heterocycles. The molecule has 0 amide bonds. The van der Waals surface area contributed by atoms with E-state index in [1.165, 1.54) is 4.31 Å². The molecule has 3 rings (SSSR count). The van der Waals surface area contributed by atoms with E-state index in [2.05, 4.69) is 20.6 Å². The highest BCUT2D eigenvalue weighted by atomic mass is 32.2. The summed E-state index contributed by atoms with van der Waals surface area (Å²) in [6, 6.07) is 5.58. The Morgan fingerprint density at radius 1 is 1.33 bits per heavy atom. The summed E-state index contributed by atoms with van der Waals surface area (Å²) in [6.45, 7) is 0.584. The third kappa shape index (κ3) is 3.45. The molecule has 0 saturated carbocycles. The minimum Gasteiger partial charge on any atom is -0.371 e. The third-order valence-electron chi connectivity index (χ3n) is 3.78. The van der Waals surface area contributed by atoms with Crippen LogP contribution in [0.15, 0.2) is 24.4 Å². The van der Waals surface area contributed by atoms with Crippen molar-refractivity contribution < 1.29 is 12.8 Å². The smallest absolute Gasteiger partial charge is 0.277 e. The van der Waals surface area contributed by atoms with Gasteiger partial charge in [0.15, 0.2) is 11.6 Å². The van der Waals surface area contributed by atoms with Gasteiger partial charge in [0.05, 0.1) is 6.20 Å². The number of halogens is 1. The van der Waals surface area contributed by atoms with E-state index in [0.717, 1.165) is 17.3 Å². The lowest BCUT2D eigenvalue weighted by Gasteiger charge is -2.26. The Hall–Kier alpha value is -2.30. The van der Waals surface area contributed by atoms with Gasteiger partial charge in [0.25, 0.3) is 10.2 Å². The van der Waals surface area contributed by atoms with E-state index >= 15 is 0 Å². The molecule has 1 aromatic heterocycles. The zero-order chi connectivity index (χ0) is 17.3. The number of hydrogen-bond acceptors (Lipinski definition) is 6. The molecule has 1 aliphatic rings. The molecule has 10 heteroatoms.